The molecule has 9 nitrogen and oxygen atoms in total. The minimum absolute atomic E-state index is 0.0225. The summed E-state index contributed by atoms with van der Waals surface area (Å²) < 4.78 is 47.8. The van der Waals surface area contributed by atoms with Crippen molar-refractivity contribution in [3.8, 4) is 11.5 Å². The van der Waals surface area contributed by atoms with Crippen LogP contribution in [0.2, 0.25) is 18.1 Å². The van der Waals surface area contributed by atoms with E-state index in [9.17, 15) is 4.79 Å². The van der Waals surface area contributed by atoms with Crippen LogP contribution >= 0.6 is 0 Å². The summed E-state index contributed by atoms with van der Waals surface area (Å²) in [6.07, 6.45) is -2.00. The van der Waals surface area contributed by atoms with Crippen LogP contribution in [0, 0.1) is 17.3 Å². The average molecular weight is 599 g/mol. The van der Waals surface area contributed by atoms with Crippen LogP contribution in [0.5, 0.6) is 11.5 Å². The Hall–Kier alpha value is -1.69. The summed E-state index contributed by atoms with van der Waals surface area (Å²) in [6.45, 7) is 21.5. The van der Waals surface area contributed by atoms with Gasteiger partial charge in [0.2, 0.25) is 0 Å². The number of esters is 1. The highest BCUT2D eigenvalue weighted by atomic mass is 28.4. The van der Waals surface area contributed by atoms with E-state index in [1.165, 1.54) is 0 Å². The molecule has 2 rings (SSSR count). The lowest BCUT2D eigenvalue weighted by Crippen LogP contribution is -2.53. The number of hydrogen-bond acceptors (Lipinski definition) is 9. The van der Waals surface area contributed by atoms with E-state index in [2.05, 4.69) is 47.7 Å². The van der Waals surface area contributed by atoms with E-state index < -0.39 is 32.2 Å². The van der Waals surface area contributed by atoms with E-state index >= 15 is 0 Å². The van der Waals surface area contributed by atoms with E-state index in [0.717, 1.165) is 5.56 Å². The Labute approximate surface area is 248 Å². The largest absolute Gasteiger partial charge is 0.493 e. The smallest absolute Gasteiger partial charge is 0.311 e. The Balaban J connectivity index is 2.43. The quantitative estimate of drug-likeness (QED) is 0.146. The number of carbonyl (C=O) groups excluding carboxylic acids is 1. The molecule has 0 radical (unpaired) electrons. The lowest BCUT2D eigenvalue weighted by molar-refractivity contribution is -0.307. The molecule has 0 N–H and O–H groups in total. The molecule has 1 aromatic rings. The van der Waals surface area contributed by atoms with Crippen molar-refractivity contribution in [2.75, 3.05) is 41.3 Å². The first kappa shape index (κ1) is 35.5. The second-order valence-corrected chi connectivity index (χ2v) is 18.3. The third-order valence-corrected chi connectivity index (χ3v) is 12.6. The lowest BCUT2D eigenvalue weighted by Gasteiger charge is -2.46. The Morgan fingerprint density at radius 2 is 1.56 bits per heavy atom. The molecule has 0 saturated carbocycles. The fourth-order valence-corrected chi connectivity index (χ4v) is 5.52. The van der Waals surface area contributed by atoms with Crippen molar-refractivity contribution in [3.63, 3.8) is 0 Å². The van der Waals surface area contributed by atoms with E-state index in [1.54, 1.807) is 21.3 Å². The molecular weight excluding hydrogens is 544 g/mol. The van der Waals surface area contributed by atoms with Gasteiger partial charge in [-0.3, -0.25) is 4.79 Å². The number of benzene rings is 1. The zero-order valence-corrected chi connectivity index (χ0v) is 28.5. The van der Waals surface area contributed by atoms with Gasteiger partial charge >= 0.3 is 5.97 Å². The summed E-state index contributed by atoms with van der Waals surface area (Å²) in [5.74, 6) is 0.810. The van der Waals surface area contributed by atoms with E-state index in [4.69, 9.17) is 37.6 Å². The summed E-state index contributed by atoms with van der Waals surface area (Å²) in [5.41, 5.74) is 0.133. The number of carbonyl (C=O) groups is 1. The van der Waals surface area contributed by atoms with Crippen molar-refractivity contribution < 1.29 is 42.4 Å². The van der Waals surface area contributed by atoms with Gasteiger partial charge in [-0.25, -0.2) is 0 Å². The summed E-state index contributed by atoms with van der Waals surface area (Å²) in [6, 6.07) is 5.59. The molecule has 0 aliphatic carbocycles. The van der Waals surface area contributed by atoms with Crippen LogP contribution in [0.3, 0.4) is 0 Å². The van der Waals surface area contributed by atoms with Crippen LogP contribution in [0.15, 0.2) is 18.2 Å². The minimum atomic E-state index is -1.97. The van der Waals surface area contributed by atoms with Gasteiger partial charge in [0.15, 0.2) is 26.1 Å². The molecule has 0 bridgehead atoms. The summed E-state index contributed by atoms with van der Waals surface area (Å²) in [7, 11) is 2.78. The predicted octanol–water partition coefficient (Wildman–Crippen LogP) is 6.36. The predicted molar refractivity (Wildman–Crippen MR) is 161 cm³/mol. The molecule has 1 aliphatic heterocycles. The van der Waals surface area contributed by atoms with Gasteiger partial charge in [0.05, 0.1) is 31.8 Å². The minimum Gasteiger partial charge on any atom is -0.493 e. The van der Waals surface area contributed by atoms with Crippen molar-refractivity contribution >= 4 is 14.3 Å². The van der Waals surface area contributed by atoms with Gasteiger partial charge in [-0.1, -0.05) is 40.7 Å². The first-order chi connectivity index (χ1) is 19.0. The molecule has 1 saturated heterocycles. The Kier molecular flexibility index (Phi) is 12.7. The maximum absolute atomic E-state index is 12.6. The molecule has 1 aliphatic rings. The third-order valence-electron chi connectivity index (χ3n) is 8.11. The number of hydrogen-bond donors (Lipinski definition) is 0. The van der Waals surface area contributed by atoms with Crippen LogP contribution in [0.25, 0.3) is 0 Å². The van der Waals surface area contributed by atoms with Crippen LogP contribution < -0.4 is 9.47 Å². The van der Waals surface area contributed by atoms with Crippen molar-refractivity contribution in [1.29, 1.82) is 0 Å². The van der Waals surface area contributed by atoms with Gasteiger partial charge in [0, 0.05) is 31.1 Å². The zero-order valence-electron chi connectivity index (χ0n) is 27.5. The molecule has 0 unspecified atom stereocenters. The maximum atomic E-state index is 12.6. The van der Waals surface area contributed by atoms with Gasteiger partial charge in [-0.2, -0.15) is 0 Å². The number of ether oxygens (including phenoxy) is 7. The molecule has 1 heterocycles. The highest BCUT2D eigenvalue weighted by Crippen LogP contribution is 2.42. The number of rotatable bonds is 13. The maximum Gasteiger partial charge on any atom is 0.311 e. The molecule has 0 aromatic heterocycles. The van der Waals surface area contributed by atoms with Gasteiger partial charge in [-0.05, 0) is 51.0 Å². The van der Waals surface area contributed by atoms with Gasteiger partial charge in [0.25, 0.3) is 0 Å². The summed E-state index contributed by atoms with van der Waals surface area (Å²) in [4.78, 5) is 12.6. The van der Waals surface area contributed by atoms with E-state index in [0.29, 0.717) is 18.1 Å². The van der Waals surface area contributed by atoms with Crippen LogP contribution in [-0.2, 0) is 32.9 Å². The molecule has 1 aromatic carbocycles. The first-order valence-corrected chi connectivity index (χ1v) is 17.3. The van der Waals surface area contributed by atoms with Crippen molar-refractivity contribution in [2.24, 2.45) is 17.3 Å². The molecule has 41 heavy (non-hydrogen) atoms. The zero-order chi connectivity index (χ0) is 31.2. The Morgan fingerprint density at radius 3 is 2.10 bits per heavy atom. The molecule has 1 fully saturated rings. The SMILES string of the molecule is COCO[C@@H](COC(=O)C(C)(C)C)[C@H]1O[C@@H](c2ccc(OC)c(OC)c2)O[C@@H]([C@H](C)CO[Si](C)(C)C(C)(C)C)[C@H]1C. The van der Waals surface area contributed by atoms with Gasteiger partial charge in [0.1, 0.15) is 19.5 Å². The van der Waals surface area contributed by atoms with Crippen molar-refractivity contribution in [2.45, 2.75) is 98.1 Å². The van der Waals surface area contributed by atoms with E-state index in [-0.39, 0.29) is 42.3 Å². The molecule has 236 valence electrons. The van der Waals surface area contributed by atoms with Gasteiger partial charge in [-0.15, -0.1) is 0 Å². The molecule has 0 spiro atoms. The number of methoxy groups -OCH3 is 3. The highest BCUT2D eigenvalue weighted by Gasteiger charge is 2.46. The standard InChI is InChI=1S/C31H54O9Si/c1-20(17-38-41(12,13)31(6,7)8)26-21(2)27(25(37-19-33-9)18-36-29(32)30(3,4)5)40-28(39-26)22-14-15-23(34-10)24(16-22)35-11/h14-16,20-21,25-28H,17-19H2,1-13H3/t20-,21-,25+,26+,27+,28+/m1/s1. The monoisotopic (exact) mass is 598 g/mol. The fourth-order valence-electron chi connectivity index (χ4n) is 4.41. The summed E-state index contributed by atoms with van der Waals surface area (Å²) >= 11 is 0. The van der Waals surface area contributed by atoms with Crippen molar-refractivity contribution in [3.05, 3.63) is 23.8 Å². The molecule has 6 atom stereocenters. The third kappa shape index (κ3) is 9.40. The van der Waals surface area contributed by atoms with E-state index in [1.807, 2.05) is 39.0 Å². The molecule has 10 heteroatoms. The molecular formula is C31H54O9Si. The summed E-state index contributed by atoms with van der Waals surface area (Å²) in [5, 5.41) is 0.0929. The lowest BCUT2D eigenvalue weighted by atomic mass is 9.86. The topological polar surface area (TPSA) is 90.9 Å². The Bertz CT molecular complexity index is 969. The second-order valence-electron chi connectivity index (χ2n) is 13.5. The average Bonchev–Trinajstić information content (AvgIpc) is 2.90. The van der Waals surface area contributed by atoms with Crippen molar-refractivity contribution in [1.82, 2.24) is 0 Å². The first-order valence-electron chi connectivity index (χ1n) is 14.4. The highest BCUT2D eigenvalue weighted by molar-refractivity contribution is 6.74. The fraction of sp³-hybridized carbons (Fsp3) is 0.774. The Morgan fingerprint density at radius 1 is 0.951 bits per heavy atom. The second kappa shape index (κ2) is 14.7. The van der Waals surface area contributed by atoms with Crippen LogP contribution in [0.1, 0.15) is 67.2 Å². The normalized spacial score (nSPS) is 23.5. The molecule has 0 amide bonds. The van der Waals surface area contributed by atoms with Gasteiger partial charge < -0.3 is 37.6 Å². The van der Waals surface area contributed by atoms with Crippen LogP contribution in [0.4, 0.5) is 0 Å². The van der Waals surface area contributed by atoms with Crippen LogP contribution in [-0.4, -0.2) is 73.9 Å².